The van der Waals surface area contributed by atoms with Gasteiger partial charge in [-0.2, -0.15) is 0 Å². The van der Waals surface area contributed by atoms with E-state index in [9.17, 15) is 0 Å². The lowest BCUT2D eigenvalue weighted by Gasteiger charge is -2.36. The van der Waals surface area contributed by atoms with E-state index in [1.807, 2.05) is 13.8 Å². The number of hydrogen-bond acceptors (Lipinski definition) is 4. The van der Waals surface area contributed by atoms with Crippen molar-refractivity contribution < 1.29 is 14.2 Å². The van der Waals surface area contributed by atoms with Gasteiger partial charge < -0.3 is 24.8 Å². The summed E-state index contributed by atoms with van der Waals surface area (Å²) in [6.45, 7) is 12.3. The van der Waals surface area contributed by atoms with Crippen LogP contribution in [0.5, 0.6) is 5.75 Å². The highest BCUT2D eigenvalue weighted by atomic mass is 127. The van der Waals surface area contributed by atoms with Crippen LogP contribution in [0.15, 0.2) is 29.3 Å². The Morgan fingerprint density at radius 2 is 1.79 bits per heavy atom. The van der Waals surface area contributed by atoms with Gasteiger partial charge in [0.05, 0.1) is 13.2 Å². The molecule has 0 saturated carbocycles. The second kappa shape index (κ2) is 14.8. The van der Waals surface area contributed by atoms with E-state index in [1.54, 1.807) is 0 Å². The van der Waals surface area contributed by atoms with E-state index < -0.39 is 0 Å². The lowest BCUT2D eigenvalue weighted by molar-refractivity contribution is 0.0531. The predicted octanol–water partition coefficient (Wildman–Crippen LogP) is 3.73. The number of ether oxygens (including phenoxy) is 3. The minimum Gasteiger partial charge on any atom is -0.494 e. The fourth-order valence-electron chi connectivity index (χ4n) is 3.47. The Morgan fingerprint density at radius 3 is 2.41 bits per heavy atom. The lowest BCUT2D eigenvalue weighted by Crippen LogP contribution is -2.41. The monoisotopic (exact) mass is 519 g/mol. The van der Waals surface area contributed by atoms with Gasteiger partial charge in [-0.3, -0.25) is 4.99 Å². The average Bonchev–Trinajstić information content (AvgIpc) is 2.73. The molecule has 1 aromatic rings. The Labute approximate surface area is 193 Å². The van der Waals surface area contributed by atoms with Gasteiger partial charge in [-0.05, 0) is 57.7 Å². The summed E-state index contributed by atoms with van der Waals surface area (Å²) in [6, 6.07) is 8.51. The first-order chi connectivity index (χ1) is 13.7. The highest BCUT2D eigenvalue weighted by Crippen LogP contribution is 2.36. The van der Waals surface area contributed by atoms with Gasteiger partial charge in [-0.15, -0.1) is 24.0 Å². The third-order valence-electron chi connectivity index (χ3n) is 5.07. The van der Waals surface area contributed by atoms with Crippen LogP contribution in [-0.4, -0.2) is 58.6 Å². The van der Waals surface area contributed by atoms with Crippen LogP contribution in [0.1, 0.15) is 45.6 Å². The number of nitrogens with one attached hydrogen (secondary N) is 2. The van der Waals surface area contributed by atoms with Crippen LogP contribution in [0.3, 0.4) is 0 Å². The summed E-state index contributed by atoms with van der Waals surface area (Å²) >= 11 is 0. The summed E-state index contributed by atoms with van der Waals surface area (Å²) < 4.78 is 16.7. The summed E-state index contributed by atoms with van der Waals surface area (Å²) in [5, 5.41) is 6.78. The van der Waals surface area contributed by atoms with Crippen LogP contribution in [0, 0.1) is 0 Å². The van der Waals surface area contributed by atoms with Crippen molar-refractivity contribution >= 4 is 29.9 Å². The largest absolute Gasteiger partial charge is 0.494 e. The quantitative estimate of drug-likeness (QED) is 0.202. The molecule has 0 radical (unpaired) electrons. The third kappa shape index (κ3) is 8.68. The van der Waals surface area contributed by atoms with Gasteiger partial charge in [0.25, 0.3) is 0 Å². The Bertz CT molecular complexity index is 575. The Hall–Kier alpha value is -1.06. The highest BCUT2D eigenvalue weighted by molar-refractivity contribution is 14.0. The first kappa shape index (κ1) is 26.0. The first-order valence-corrected chi connectivity index (χ1v) is 10.6. The van der Waals surface area contributed by atoms with E-state index >= 15 is 0 Å². The maximum atomic E-state index is 5.65. The van der Waals surface area contributed by atoms with Crippen molar-refractivity contribution in [3.63, 3.8) is 0 Å². The van der Waals surface area contributed by atoms with Crippen molar-refractivity contribution in [2.24, 2.45) is 4.99 Å². The molecule has 0 amide bonds. The highest BCUT2D eigenvalue weighted by Gasteiger charge is 2.34. The van der Waals surface area contributed by atoms with E-state index in [-0.39, 0.29) is 29.4 Å². The number of benzene rings is 1. The van der Waals surface area contributed by atoms with Crippen molar-refractivity contribution in [2.45, 2.75) is 45.4 Å². The topological polar surface area (TPSA) is 64.1 Å². The second-order valence-electron chi connectivity index (χ2n) is 7.02. The molecule has 1 aromatic carbocycles. The molecule has 2 rings (SSSR count). The van der Waals surface area contributed by atoms with Crippen LogP contribution in [0.4, 0.5) is 0 Å². The number of aliphatic imine (C=N–C) groups is 1. The third-order valence-corrected chi connectivity index (χ3v) is 5.07. The molecule has 0 aliphatic carbocycles. The number of rotatable bonds is 11. The van der Waals surface area contributed by atoms with E-state index in [0.29, 0.717) is 6.61 Å². The normalized spacial score (nSPS) is 16.0. The molecule has 0 bridgehead atoms. The van der Waals surface area contributed by atoms with Crippen molar-refractivity contribution in [1.29, 1.82) is 0 Å². The van der Waals surface area contributed by atoms with Crippen LogP contribution >= 0.6 is 24.0 Å². The van der Waals surface area contributed by atoms with E-state index in [0.717, 1.165) is 77.0 Å². The molecule has 0 unspecified atom stereocenters. The number of hydrogen-bond donors (Lipinski definition) is 2. The lowest BCUT2D eigenvalue weighted by atomic mass is 9.74. The SMILES string of the molecule is CCNC(=NCC1(c2ccc(OCC)cc2)CCOCC1)NCCCOCC.I. The summed E-state index contributed by atoms with van der Waals surface area (Å²) in [7, 11) is 0. The number of guanidine groups is 1. The molecule has 1 aliphatic heterocycles. The predicted molar refractivity (Wildman–Crippen MR) is 130 cm³/mol. The van der Waals surface area contributed by atoms with E-state index in [1.165, 1.54) is 5.56 Å². The number of nitrogens with zero attached hydrogens (tertiary/aromatic N) is 1. The molecule has 6 nitrogen and oxygen atoms in total. The number of halogens is 1. The molecule has 29 heavy (non-hydrogen) atoms. The fraction of sp³-hybridized carbons (Fsp3) is 0.682. The average molecular weight is 519 g/mol. The second-order valence-corrected chi connectivity index (χ2v) is 7.02. The molecule has 0 spiro atoms. The zero-order valence-electron chi connectivity index (χ0n) is 18.2. The smallest absolute Gasteiger partial charge is 0.191 e. The van der Waals surface area contributed by atoms with Crippen LogP contribution < -0.4 is 15.4 Å². The molecule has 1 fully saturated rings. The first-order valence-electron chi connectivity index (χ1n) is 10.6. The minimum absolute atomic E-state index is 0. The molecule has 0 atom stereocenters. The Balaban J connectivity index is 0.00000420. The Kier molecular flexibility index (Phi) is 13.3. The zero-order valence-corrected chi connectivity index (χ0v) is 20.5. The summed E-state index contributed by atoms with van der Waals surface area (Å²) in [5.41, 5.74) is 1.33. The van der Waals surface area contributed by atoms with Crippen LogP contribution in [0.25, 0.3) is 0 Å². The van der Waals surface area contributed by atoms with Crippen molar-refractivity contribution in [3.05, 3.63) is 29.8 Å². The molecule has 1 heterocycles. The minimum atomic E-state index is 0. The van der Waals surface area contributed by atoms with Gasteiger partial charge in [0, 0.05) is 44.9 Å². The van der Waals surface area contributed by atoms with Gasteiger partial charge in [-0.25, -0.2) is 0 Å². The van der Waals surface area contributed by atoms with Gasteiger partial charge in [0.15, 0.2) is 5.96 Å². The summed E-state index contributed by atoms with van der Waals surface area (Å²) in [4.78, 5) is 4.93. The van der Waals surface area contributed by atoms with E-state index in [4.69, 9.17) is 19.2 Å². The standard InChI is InChI=1S/C22H37N3O3.HI/c1-4-23-21(24-14-7-15-26-5-2)25-18-22(12-16-27-17-13-22)19-8-10-20(11-9-19)28-6-3;/h8-11H,4-7,12-18H2,1-3H3,(H2,23,24,25);1H. The fourth-order valence-corrected chi connectivity index (χ4v) is 3.47. The van der Waals surface area contributed by atoms with Crippen molar-refractivity contribution in [1.82, 2.24) is 10.6 Å². The maximum Gasteiger partial charge on any atom is 0.191 e. The molecule has 2 N–H and O–H groups in total. The van der Waals surface area contributed by atoms with Gasteiger partial charge in [-0.1, -0.05) is 12.1 Å². The van der Waals surface area contributed by atoms with Crippen LogP contribution in [0.2, 0.25) is 0 Å². The van der Waals surface area contributed by atoms with Crippen molar-refractivity contribution in [3.8, 4) is 5.75 Å². The maximum absolute atomic E-state index is 5.65. The zero-order chi connectivity index (χ0) is 20.1. The molecule has 166 valence electrons. The molecule has 1 aliphatic rings. The molecule has 7 heteroatoms. The molecular weight excluding hydrogens is 481 g/mol. The van der Waals surface area contributed by atoms with Gasteiger partial charge in [0.2, 0.25) is 0 Å². The molecular formula is C22H38IN3O3. The van der Waals surface area contributed by atoms with Crippen LogP contribution in [-0.2, 0) is 14.9 Å². The molecule has 1 saturated heterocycles. The van der Waals surface area contributed by atoms with Gasteiger partial charge in [0.1, 0.15) is 5.75 Å². The Morgan fingerprint density at radius 1 is 1.07 bits per heavy atom. The summed E-state index contributed by atoms with van der Waals surface area (Å²) in [6.07, 6.45) is 2.93. The van der Waals surface area contributed by atoms with E-state index in [2.05, 4.69) is 41.8 Å². The van der Waals surface area contributed by atoms with Crippen molar-refractivity contribution in [2.75, 3.05) is 52.7 Å². The van der Waals surface area contributed by atoms with Gasteiger partial charge >= 0.3 is 0 Å². The summed E-state index contributed by atoms with van der Waals surface area (Å²) in [5.74, 6) is 1.79. The molecule has 0 aromatic heterocycles.